The smallest absolute Gasteiger partial charge is 0.0462 e. The first-order chi connectivity index (χ1) is 43.6. The van der Waals surface area contributed by atoms with Gasteiger partial charge in [-0.3, -0.25) is 0 Å². The largest absolute Gasteiger partial charge is 0.311 e. The molecule has 0 saturated heterocycles. The third-order valence-corrected chi connectivity index (χ3v) is 16.6. The average Bonchev–Trinajstić information content (AvgIpc) is 2.94. The lowest BCUT2D eigenvalue weighted by molar-refractivity contribution is 1.28. The summed E-state index contributed by atoms with van der Waals surface area (Å²) in [6, 6.07) is 135. The van der Waals surface area contributed by atoms with Crippen LogP contribution in [0.25, 0.3) is 99.4 Å². The van der Waals surface area contributed by atoms with E-state index in [1.165, 1.54) is 99.4 Å². The van der Waals surface area contributed by atoms with Crippen molar-refractivity contribution in [3.05, 3.63) is 376 Å². The molecule has 0 atom stereocenters. The van der Waals surface area contributed by atoms with E-state index in [-0.39, 0.29) is 0 Å². The Labute approximate surface area is 516 Å². The molecule has 0 aromatic heterocycles. The molecule has 0 aliphatic heterocycles. The maximum Gasteiger partial charge on any atom is 0.0462 e. The van der Waals surface area contributed by atoms with E-state index in [4.69, 9.17) is 0 Å². The van der Waals surface area contributed by atoms with E-state index >= 15 is 0 Å². The lowest BCUT2D eigenvalue weighted by atomic mass is 9.98. The van der Waals surface area contributed by atoms with Crippen LogP contribution in [0.1, 0.15) is 0 Å². The monoisotopic (exact) mass is 1120 g/mol. The molecular formula is C86H62N2. The van der Waals surface area contributed by atoms with Crippen LogP contribution in [0, 0.1) is 0 Å². The minimum Gasteiger partial charge on any atom is -0.311 e. The summed E-state index contributed by atoms with van der Waals surface area (Å²) < 4.78 is 0. The molecule has 0 spiro atoms. The van der Waals surface area contributed by atoms with Crippen molar-refractivity contribution < 1.29 is 0 Å². The zero-order valence-electron chi connectivity index (χ0n) is 48.7. The summed E-state index contributed by atoms with van der Waals surface area (Å²) in [7, 11) is 0. The van der Waals surface area contributed by atoms with Crippen LogP contribution < -0.4 is 9.80 Å². The van der Waals surface area contributed by atoms with Crippen LogP contribution in [0.4, 0.5) is 34.1 Å². The molecule has 0 fully saturated rings. The molecule has 0 N–H and O–H groups in total. The Bertz CT molecular complexity index is 4660. The number of hydrogen-bond acceptors (Lipinski definition) is 2. The molecule has 2 nitrogen and oxygen atoms in total. The molecule has 88 heavy (non-hydrogen) atoms. The third-order valence-electron chi connectivity index (χ3n) is 16.6. The molecular weight excluding hydrogens is 1060 g/mol. The zero-order valence-corrected chi connectivity index (χ0v) is 48.7. The Kier molecular flexibility index (Phi) is 15.6. The van der Waals surface area contributed by atoms with Gasteiger partial charge in [-0.15, -0.1) is 0 Å². The number of para-hydroxylation sites is 1. The molecule has 0 bridgehead atoms. The molecule has 0 heterocycles. The van der Waals surface area contributed by atoms with Crippen molar-refractivity contribution in [1.29, 1.82) is 0 Å². The Hall–Kier alpha value is -11.6. The van der Waals surface area contributed by atoms with Gasteiger partial charge in [0.1, 0.15) is 0 Å². The second-order valence-electron chi connectivity index (χ2n) is 22.1. The van der Waals surface area contributed by atoms with Gasteiger partial charge in [-0.1, -0.05) is 291 Å². The van der Waals surface area contributed by atoms with E-state index in [0.29, 0.717) is 0 Å². The molecule has 15 rings (SSSR count). The first-order valence-electron chi connectivity index (χ1n) is 30.1. The third kappa shape index (κ3) is 12.1. The van der Waals surface area contributed by atoms with Gasteiger partial charge < -0.3 is 9.80 Å². The van der Waals surface area contributed by atoms with Gasteiger partial charge >= 0.3 is 0 Å². The highest BCUT2D eigenvalue weighted by molar-refractivity contribution is 5.90. The molecule has 15 aromatic carbocycles. The summed E-state index contributed by atoms with van der Waals surface area (Å²) in [5, 5.41) is 5.06. The summed E-state index contributed by atoms with van der Waals surface area (Å²) in [4.78, 5) is 4.64. The topological polar surface area (TPSA) is 6.48 Å². The molecule has 15 aromatic rings. The molecule has 0 aliphatic rings. The fourth-order valence-electron chi connectivity index (χ4n) is 11.8. The van der Waals surface area contributed by atoms with Crippen LogP contribution in [0.15, 0.2) is 376 Å². The van der Waals surface area contributed by atoms with Crippen molar-refractivity contribution >= 4 is 55.7 Å². The molecule has 0 aliphatic carbocycles. The summed E-state index contributed by atoms with van der Waals surface area (Å²) in [6.07, 6.45) is 0. The van der Waals surface area contributed by atoms with Gasteiger partial charge in [0.2, 0.25) is 0 Å². The summed E-state index contributed by atoms with van der Waals surface area (Å²) >= 11 is 0. The maximum atomic E-state index is 2.33. The predicted octanol–water partition coefficient (Wildman–Crippen LogP) is 24.3. The highest BCUT2D eigenvalue weighted by atomic mass is 15.1. The molecule has 416 valence electrons. The summed E-state index contributed by atoms with van der Waals surface area (Å²) in [5.74, 6) is 0. The van der Waals surface area contributed by atoms with Crippen LogP contribution in [-0.4, -0.2) is 0 Å². The Morgan fingerprint density at radius 2 is 0.284 bits per heavy atom. The highest BCUT2D eigenvalue weighted by Crippen LogP contribution is 2.40. The summed E-state index contributed by atoms with van der Waals surface area (Å²) in [5.41, 5.74) is 23.7. The van der Waals surface area contributed by atoms with E-state index in [0.717, 1.165) is 34.1 Å². The fourth-order valence-corrected chi connectivity index (χ4v) is 11.8. The first-order valence-corrected chi connectivity index (χ1v) is 30.1. The van der Waals surface area contributed by atoms with Gasteiger partial charge in [0, 0.05) is 34.1 Å². The van der Waals surface area contributed by atoms with Crippen molar-refractivity contribution in [2.24, 2.45) is 0 Å². The Morgan fingerprint density at radius 3 is 0.545 bits per heavy atom. The number of nitrogens with zero attached hydrogens (tertiary/aromatic N) is 2. The number of anilines is 6. The van der Waals surface area contributed by atoms with Gasteiger partial charge in [-0.2, -0.15) is 0 Å². The van der Waals surface area contributed by atoms with E-state index in [9.17, 15) is 0 Å². The quantitative estimate of drug-likeness (QED) is 0.114. The van der Waals surface area contributed by atoms with Crippen LogP contribution in [0.5, 0.6) is 0 Å². The lowest BCUT2D eigenvalue weighted by Crippen LogP contribution is -2.09. The number of rotatable bonds is 13. The van der Waals surface area contributed by atoms with Crippen LogP contribution in [0.2, 0.25) is 0 Å². The van der Waals surface area contributed by atoms with Gasteiger partial charge in [0.15, 0.2) is 0 Å². The van der Waals surface area contributed by atoms with Crippen molar-refractivity contribution in [3.63, 3.8) is 0 Å². The van der Waals surface area contributed by atoms with Crippen LogP contribution in [0.3, 0.4) is 0 Å². The second-order valence-corrected chi connectivity index (χ2v) is 22.1. The molecule has 0 radical (unpaired) electrons. The fraction of sp³-hybridized carbons (Fsp3) is 0. The first kappa shape index (κ1) is 54.4. The van der Waals surface area contributed by atoms with E-state index in [1.807, 2.05) is 0 Å². The standard InChI is InChI=1S/C46H33N.C40H29N/c1-3-9-34(10-4-1)38-21-27-44(28-22-38)47(45-29-23-39(24-30-45)35-11-5-2-6-12-35)46-31-25-40(26-32-46)37-15-17-41(18-16-37)43-20-19-36-13-7-8-14-42(36)33-43;1-3-9-30(10-4-1)33-21-25-39(26-22-33)41(38-13-5-2-6-14-38)40-27-23-34(24-28-40)32-15-17-35(18-16-32)37-20-19-31-11-7-8-12-36(31)29-37/h1-33H;1-29H. The van der Waals surface area contributed by atoms with Crippen molar-refractivity contribution in [2.45, 2.75) is 0 Å². The average molecular weight is 1120 g/mol. The van der Waals surface area contributed by atoms with Crippen molar-refractivity contribution in [2.75, 3.05) is 9.80 Å². The zero-order chi connectivity index (χ0) is 58.9. The summed E-state index contributed by atoms with van der Waals surface area (Å²) in [6.45, 7) is 0. The van der Waals surface area contributed by atoms with E-state index in [2.05, 4.69) is 386 Å². The predicted molar refractivity (Wildman–Crippen MR) is 375 cm³/mol. The molecule has 2 heteroatoms. The molecule has 0 amide bonds. The molecule has 0 saturated carbocycles. The SMILES string of the molecule is c1ccc(-c2ccc(N(c3ccc(-c4ccccc4)cc3)c3ccc(-c4ccc(-c5ccc6ccccc6c5)cc4)cc3)cc2)cc1.c1ccc(-c2ccc(N(c3ccccc3)c3ccc(-c4ccc(-c5ccc6ccccc6c5)cc4)cc3)cc2)cc1. The minimum absolute atomic E-state index is 1.11. The Balaban J connectivity index is 0.000000156. The van der Waals surface area contributed by atoms with Crippen molar-refractivity contribution in [3.8, 4) is 77.9 Å². The molecule has 0 unspecified atom stereocenters. The maximum absolute atomic E-state index is 2.33. The number of benzene rings is 15. The second kappa shape index (κ2) is 25.3. The lowest BCUT2D eigenvalue weighted by Gasteiger charge is -2.26. The highest BCUT2D eigenvalue weighted by Gasteiger charge is 2.16. The van der Waals surface area contributed by atoms with Gasteiger partial charge in [0.05, 0.1) is 0 Å². The van der Waals surface area contributed by atoms with E-state index in [1.54, 1.807) is 0 Å². The van der Waals surface area contributed by atoms with Gasteiger partial charge in [-0.05, 0) is 184 Å². The van der Waals surface area contributed by atoms with Crippen LogP contribution in [-0.2, 0) is 0 Å². The van der Waals surface area contributed by atoms with Gasteiger partial charge in [0.25, 0.3) is 0 Å². The minimum atomic E-state index is 1.11. The van der Waals surface area contributed by atoms with Crippen molar-refractivity contribution in [1.82, 2.24) is 0 Å². The number of hydrogen-bond donors (Lipinski definition) is 0. The normalized spacial score (nSPS) is 11.0. The van der Waals surface area contributed by atoms with E-state index < -0.39 is 0 Å². The number of fused-ring (bicyclic) bond motifs is 2. The Morgan fingerprint density at radius 1 is 0.114 bits per heavy atom. The van der Waals surface area contributed by atoms with Gasteiger partial charge in [-0.25, -0.2) is 0 Å². The van der Waals surface area contributed by atoms with Crippen LogP contribution >= 0.6 is 0 Å².